The van der Waals surface area contributed by atoms with Crippen LogP contribution < -0.4 is 10.6 Å². The molecule has 0 spiro atoms. The zero-order chi connectivity index (χ0) is 29.9. The largest absolute Gasteiger partial charge is 0.444 e. The fourth-order valence-electron chi connectivity index (χ4n) is 5.13. The summed E-state index contributed by atoms with van der Waals surface area (Å²) in [7, 11) is 0. The monoisotopic (exact) mass is 569 g/mol. The minimum absolute atomic E-state index is 0.112. The van der Waals surface area contributed by atoms with Crippen LogP contribution in [-0.4, -0.2) is 40.5 Å². The third-order valence-corrected chi connectivity index (χ3v) is 7.50. The fourth-order valence-corrected chi connectivity index (χ4v) is 5.40. The Labute approximate surface area is 244 Å². The molecule has 7 nitrogen and oxygen atoms in total. The fraction of sp³-hybridized carbons (Fsp3) is 0.531. The number of halogens is 1. The summed E-state index contributed by atoms with van der Waals surface area (Å²) in [4.78, 5) is 43.3. The summed E-state index contributed by atoms with van der Waals surface area (Å²) in [6, 6.07) is 9.36. The molecule has 0 heterocycles. The normalized spacial score (nSPS) is 18.1. The average Bonchev–Trinajstić information content (AvgIpc) is 3.54. The zero-order valence-electron chi connectivity index (χ0n) is 25.2. The zero-order valence-corrected chi connectivity index (χ0v) is 26.0. The molecule has 0 bridgehead atoms. The third-order valence-electron chi connectivity index (χ3n) is 7.19. The summed E-state index contributed by atoms with van der Waals surface area (Å²) >= 11 is 6.49. The summed E-state index contributed by atoms with van der Waals surface area (Å²) in [6.45, 7) is 17.2. The van der Waals surface area contributed by atoms with Gasteiger partial charge >= 0.3 is 6.09 Å². The number of para-hydroxylation sites is 1. The number of alkyl carbamates (subject to hydrolysis) is 1. The molecule has 2 N–H and O–H groups in total. The SMILES string of the molecule is Cc1cccc(Cl)c1NC(=O)C(c1c(C)cccc1C)N(C(=O)C(CC(C)C)NC(=O)OC(C)(C)C)C1CC1C. The number of amides is 3. The van der Waals surface area contributed by atoms with E-state index in [1.165, 1.54) is 0 Å². The Morgan fingerprint density at radius 1 is 1.02 bits per heavy atom. The van der Waals surface area contributed by atoms with Crippen molar-refractivity contribution in [3.8, 4) is 0 Å². The Hall–Kier alpha value is -3.06. The number of ether oxygens (including phenoxy) is 1. The van der Waals surface area contributed by atoms with Crippen LogP contribution >= 0.6 is 11.6 Å². The molecule has 1 aliphatic carbocycles. The van der Waals surface area contributed by atoms with Gasteiger partial charge in [-0.05, 0) is 94.5 Å². The van der Waals surface area contributed by atoms with E-state index in [1.807, 2.05) is 65.0 Å². The summed E-state index contributed by atoms with van der Waals surface area (Å²) < 4.78 is 5.50. The van der Waals surface area contributed by atoms with Crippen LogP contribution in [0.1, 0.15) is 82.7 Å². The minimum Gasteiger partial charge on any atom is -0.444 e. The molecule has 0 radical (unpaired) electrons. The van der Waals surface area contributed by atoms with Crippen molar-refractivity contribution in [1.29, 1.82) is 0 Å². The van der Waals surface area contributed by atoms with Crippen LogP contribution in [0.25, 0.3) is 0 Å². The third kappa shape index (κ3) is 7.78. The highest BCUT2D eigenvalue weighted by atomic mass is 35.5. The van der Waals surface area contributed by atoms with Gasteiger partial charge in [0.1, 0.15) is 17.7 Å². The van der Waals surface area contributed by atoms with Crippen molar-refractivity contribution < 1.29 is 19.1 Å². The van der Waals surface area contributed by atoms with Crippen molar-refractivity contribution in [1.82, 2.24) is 10.2 Å². The molecule has 3 amide bonds. The smallest absolute Gasteiger partial charge is 0.408 e. The second-order valence-electron chi connectivity index (χ2n) is 12.5. The van der Waals surface area contributed by atoms with E-state index >= 15 is 0 Å². The second kappa shape index (κ2) is 12.6. The van der Waals surface area contributed by atoms with Crippen molar-refractivity contribution >= 4 is 35.2 Å². The van der Waals surface area contributed by atoms with E-state index in [1.54, 1.807) is 31.7 Å². The number of carbonyl (C=O) groups excluding carboxylic acids is 3. The molecule has 40 heavy (non-hydrogen) atoms. The predicted octanol–water partition coefficient (Wildman–Crippen LogP) is 7.12. The molecule has 2 aromatic rings. The van der Waals surface area contributed by atoms with Gasteiger partial charge in [-0.25, -0.2) is 4.79 Å². The molecule has 218 valence electrons. The lowest BCUT2D eigenvalue weighted by atomic mass is 9.92. The molecule has 0 aromatic heterocycles. The van der Waals surface area contributed by atoms with Gasteiger partial charge in [-0.15, -0.1) is 0 Å². The van der Waals surface area contributed by atoms with Crippen molar-refractivity contribution in [3.05, 3.63) is 63.7 Å². The van der Waals surface area contributed by atoms with E-state index in [0.717, 1.165) is 28.7 Å². The highest BCUT2D eigenvalue weighted by Gasteiger charge is 2.49. The van der Waals surface area contributed by atoms with Crippen LogP contribution in [0.5, 0.6) is 0 Å². The number of rotatable bonds is 9. The number of nitrogens with zero attached hydrogens (tertiary/aromatic N) is 1. The van der Waals surface area contributed by atoms with E-state index in [2.05, 4.69) is 17.6 Å². The second-order valence-corrected chi connectivity index (χ2v) is 12.9. The highest BCUT2D eigenvalue weighted by molar-refractivity contribution is 6.34. The van der Waals surface area contributed by atoms with Gasteiger partial charge in [0.2, 0.25) is 5.91 Å². The highest BCUT2D eigenvalue weighted by Crippen LogP contribution is 2.43. The van der Waals surface area contributed by atoms with Crippen LogP contribution in [0.15, 0.2) is 36.4 Å². The molecule has 8 heteroatoms. The molecule has 4 atom stereocenters. The first-order valence-electron chi connectivity index (χ1n) is 14.0. The van der Waals surface area contributed by atoms with Crippen molar-refractivity contribution in [2.45, 2.75) is 98.9 Å². The van der Waals surface area contributed by atoms with Gasteiger partial charge in [0.25, 0.3) is 5.91 Å². The number of hydrogen-bond acceptors (Lipinski definition) is 4. The van der Waals surface area contributed by atoms with E-state index in [4.69, 9.17) is 16.3 Å². The first kappa shape index (κ1) is 31.5. The van der Waals surface area contributed by atoms with E-state index in [9.17, 15) is 14.4 Å². The van der Waals surface area contributed by atoms with Gasteiger partial charge in [0.15, 0.2) is 0 Å². The van der Waals surface area contributed by atoms with Gasteiger partial charge < -0.3 is 20.3 Å². The summed E-state index contributed by atoms with van der Waals surface area (Å²) in [5.74, 6) is -0.318. The van der Waals surface area contributed by atoms with Crippen molar-refractivity contribution in [2.75, 3.05) is 5.32 Å². The predicted molar refractivity (Wildman–Crippen MR) is 161 cm³/mol. The maximum Gasteiger partial charge on any atom is 0.408 e. The number of hydrogen-bond donors (Lipinski definition) is 2. The number of anilines is 1. The number of aryl methyl sites for hydroxylation is 3. The van der Waals surface area contributed by atoms with Crippen LogP contribution in [0.2, 0.25) is 5.02 Å². The average molecular weight is 570 g/mol. The van der Waals surface area contributed by atoms with Crippen LogP contribution in [0.4, 0.5) is 10.5 Å². The molecule has 0 saturated heterocycles. The Balaban J connectivity index is 2.11. The van der Waals surface area contributed by atoms with Crippen LogP contribution in [-0.2, 0) is 14.3 Å². The molecular weight excluding hydrogens is 526 g/mol. The van der Waals surface area contributed by atoms with Crippen LogP contribution in [0.3, 0.4) is 0 Å². The molecule has 1 fully saturated rings. The van der Waals surface area contributed by atoms with Gasteiger partial charge in [-0.2, -0.15) is 0 Å². The summed E-state index contributed by atoms with van der Waals surface area (Å²) in [6.07, 6.45) is 0.516. The van der Waals surface area contributed by atoms with Gasteiger partial charge in [0, 0.05) is 6.04 Å². The van der Waals surface area contributed by atoms with E-state index in [-0.39, 0.29) is 29.7 Å². The quantitative estimate of drug-likeness (QED) is 0.336. The lowest BCUT2D eigenvalue weighted by molar-refractivity contribution is -0.142. The van der Waals surface area contributed by atoms with Crippen molar-refractivity contribution in [3.63, 3.8) is 0 Å². The van der Waals surface area contributed by atoms with Gasteiger partial charge in [-0.3, -0.25) is 9.59 Å². The van der Waals surface area contributed by atoms with Crippen LogP contribution in [0, 0.1) is 32.6 Å². The minimum atomic E-state index is -0.922. The first-order chi connectivity index (χ1) is 18.6. The van der Waals surface area contributed by atoms with Gasteiger partial charge in [-0.1, -0.05) is 62.7 Å². The Kier molecular flexibility index (Phi) is 9.94. The van der Waals surface area contributed by atoms with E-state index in [0.29, 0.717) is 17.1 Å². The number of nitrogens with one attached hydrogen (secondary N) is 2. The summed E-state index contributed by atoms with van der Waals surface area (Å²) in [5.41, 5.74) is 3.21. The molecule has 1 saturated carbocycles. The lowest BCUT2D eigenvalue weighted by Gasteiger charge is -2.36. The molecular formula is C32H44ClN3O4. The lowest BCUT2D eigenvalue weighted by Crippen LogP contribution is -2.54. The Morgan fingerprint density at radius 3 is 2.08 bits per heavy atom. The standard InChI is InChI=1S/C32H44ClN3O4/c1-18(2)16-24(34-31(39)40-32(7,8)9)30(38)36(25-17-22(25)6)28(26-19(3)12-10-13-20(26)4)29(37)35-27-21(5)14-11-15-23(27)33/h10-15,18,22,24-25,28H,16-17H2,1-9H3,(H,34,39)(H,35,37). The van der Waals surface area contributed by atoms with E-state index < -0.39 is 23.8 Å². The molecule has 0 aliphatic heterocycles. The maximum atomic E-state index is 14.5. The molecule has 3 rings (SSSR count). The number of benzene rings is 2. The Bertz CT molecular complexity index is 1210. The topological polar surface area (TPSA) is 87.7 Å². The molecule has 1 aliphatic rings. The molecule has 2 aromatic carbocycles. The van der Waals surface area contributed by atoms with Crippen molar-refractivity contribution in [2.24, 2.45) is 11.8 Å². The van der Waals surface area contributed by atoms with Gasteiger partial charge in [0.05, 0.1) is 10.7 Å². The Morgan fingerprint density at radius 2 is 1.57 bits per heavy atom. The molecule has 4 unspecified atom stereocenters. The maximum absolute atomic E-state index is 14.5. The number of carbonyl (C=O) groups is 3. The first-order valence-corrected chi connectivity index (χ1v) is 14.4. The summed E-state index contributed by atoms with van der Waals surface area (Å²) in [5, 5.41) is 6.29.